The maximum absolute atomic E-state index is 12.3. The van der Waals surface area contributed by atoms with E-state index in [1.54, 1.807) is 18.6 Å². The summed E-state index contributed by atoms with van der Waals surface area (Å²) < 4.78 is 17.3. The molecule has 0 radical (unpaired) electrons. The summed E-state index contributed by atoms with van der Waals surface area (Å²) in [6.45, 7) is 4.13. The van der Waals surface area contributed by atoms with Crippen LogP contribution in [0.1, 0.15) is 48.5 Å². The number of nitrogens with two attached hydrogens (primary N) is 1. The van der Waals surface area contributed by atoms with E-state index >= 15 is 0 Å². The molecule has 4 rings (SSSR count). The Kier molecular flexibility index (Phi) is 4.03. The highest BCUT2D eigenvalue weighted by Crippen LogP contribution is 2.41. The van der Waals surface area contributed by atoms with Gasteiger partial charge in [0, 0.05) is 38.4 Å². The quantitative estimate of drug-likeness (QED) is 0.732. The number of rotatable bonds is 3. The second-order valence-corrected chi connectivity index (χ2v) is 9.77. The van der Waals surface area contributed by atoms with E-state index in [-0.39, 0.29) is 4.75 Å². The molecule has 2 atom stereocenters. The first-order valence-corrected chi connectivity index (χ1v) is 10.0. The number of amides is 1. The third-order valence-electron chi connectivity index (χ3n) is 5.39. The molecule has 0 aliphatic carbocycles. The lowest BCUT2D eigenvalue weighted by Gasteiger charge is -2.34. The van der Waals surface area contributed by atoms with Crippen LogP contribution in [-0.4, -0.2) is 25.6 Å². The molecule has 0 spiro atoms. The van der Waals surface area contributed by atoms with Gasteiger partial charge in [-0.1, -0.05) is 0 Å². The van der Waals surface area contributed by atoms with Gasteiger partial charge in [0.1, 0.15) is 0 Å². The Morgan fingerprint density at radius 2 is 2.15 bits per heavy atom. The standard InChI is InChI=1S/C20H22N2O3S/c1-20(2)9-12(4-6-26(20)24)17-10-22-18-15(17)7-14(8-16(18)19(21)23)13-3-5-25-11-13/h3,5,7-8,10-12,22H,4,6,9H2,1-2H3,(H2,21,23). The van der Waals surface area contributed by atoms with Gasteiger partial charge in [0.05, 0.1) is 23.6 Å². The molecule has 6 heteroatoms. The van der Waals surface area contributed by atoms with Crippen molar-refractivity contribution < 1.29 is 13.4 Å². The summed E-state index contributed by atoms with van der Waals surface area (Å²) in [6, 6.07) is 5.75. The van der Waals surface area contributed by atoms with E-state index in [9.17, 15) is 9.00 Å². The van der Waals surface area contributed by atoms with Crippen LogP contribution in [0.2, 0.25) is 0 Å². The summed E-state index contributed by atoms with van der Waals surface area (Å²) in [5.74, 6) is 0.546. The SMILES string of the molecule is CC1(C)CC(c2c[nH]c3c(C(N)=O)cc(-c4ccoc4)cc23)CCS1=O. The number of H-pyrrole nitrogens is 1. The van der Waals surface area contributed by atoms with Crippen molar-refractivity contribution >= 4 is 27.6 Å². The van der Waals surface area contributed by atoms with Crippen molar-refractivity contribution in [3.63, 3.8) is 0 Å². The highest BCUT2D eigenvalue weighted by Gasteiger charge is 2.36. The van der Waals surface area contributed by atoms with Gasteiger partial charge >= 0.3 is 0 Å². The predicted octanol–water partition coefficient (Wildman–Crippen LogP) is 3.93. The van der Waals surface area contributed by atoms with Crippen molar-refractivity contribution in [2.45, 2.75) is 37.4 Å². The van der Waals surface area contributed by atoms with Gasteiger partial charge in [-0.25, -0.2) is 0 Å². The van der Waals surface area contributed by atoms with E-state index in [0.29, 0.717) is 17.2 Å². The average molecular weight is 370 g/mol. The van der Waals surface area contributed by atoms with Crippen LogP contribution in [0.15, 0.2) is 41.3 Å². The Labute approximate surface area is 154 Å². The fourth-order valence-corrected chi connectivity index (χ4v) is 5.40. The Hall–Kier alpha value is -2.34. The van der Waals surface area contributed by atoms with E-state index in [1.807, 2.05) is 12.3 Å². The second kappa shape index (κ2) is 6.13. The molecule has 1 amide bonds. The monoisotopic (exact) mass is 370 g/mol. The summed E-state index contributed by atoms with van der Waals surface area (Å²) in [5.41, 5.74) is 9.85. The van der Waals surface area contributed by atoms with Gasteiger partial charge in [0.15, 0.2) is 0 Å². The fraction of sp³-hybridized carbons (Fsp3) is 0.350. The number of carbonyl (C=O) groups is 1. The molecule has 1 aliphatic heterocycles. The summed E-state index contributed by atoms with van der Waals surface area (Å²) in [6.07, 6.45) is 6.98. The van der Waals surface area contributed by atoms with Crippen LogP contribution in [0.4, 0.5) is 0 Å². The number of hydrogen-bond acceptors (Lipinski definition) is 3. The van der Waals surface area contributed by atoms with Crippen LogP contribution in [0, 0.1) is 0 Å². The van der Waals surface area contributed by atoms with Gasteiger partial charge < -0.3 is 15.1 Å². The summed E-state index contributed by atoms with van der Waals surface area (Å²) in [4.78, 5) is 15.3. The largest absolute Gasteiger partial charge is 0.472 e. The minimum atomic E-state index is -0.804. The van der Waals surface area contributed by atoms with Gasteiger partial charge in [0.25, 0.3) is 5.91 Å². The summed E-state index contributed by atoms with van der Waals surface area (Å²) in [5, 5.41) is 1.01. The molecule has 1 aromatic carbocycles. The minimum absolute atomic E-state index is 0.207. The Bertz CT molecular complexity index is 1000. The zero-order chi connectivity index (χ0) is 18.5. The van der Waals surface area contributed by atoms with Crippen LogP contribution in [0.5, 0.6) is 0 Å². The van der Waals surface area contributed by atoms with E-state index in [1.165, 1.54) is 0 Å². The molecule has 0 saturated carbocycles. The molecule has 1 saturated heterocycles. The topological polar surface area (TPSA) is 89.1 Å². The number of aromatic amines is 1. The summed E-state index contributed by atoms with van der Waals surface area (Å²) >= 11 is 0. The van der Waals surface area contributed by atoms with Crippen LogP contribution in [0.25, 0.3) is 22.0 Å². The van der Waals surface area contributed by atoms with E-state index in [0.717, 1.165) is 40.4 Å². The van der Waals surface area contributed by atoms with E-state index in [4.69, 9.17) is 10.2 Å². The second-order valence-electron chi connectivity index (χ2n) is 7.57. The lowest BCUT2D eigenvalue weighted by molar-refractivity contribution is 0.100. The molecular formula is C20H22N2O3S. The molecule has 2 aromatic heterocycles. The number of hydrogen-bond donors (Lipinski definition) is 2. The first kappa shape index (κ1) is 17.1. The van der Waals surface area contributed by atoms with Crippen LogP contribution < -0.4 is 5.73 Å². The van der Waals surface area contributed by atoms with Gasteiger partial charge in [-0.3, -0.25) is 9.00 Å². The van der Waals surface area contributed by atoms with Crippen molar-refractivity contribution in [1.82, 2.24) is 4.98 Å². The molecule has 3 aromatic rings. The molecule has 1 fully saturated rings. The first-order valence-electron chi connectivity index (χ1n) is 8.73. The Morgan fingerprint density at radius 1 is 1.35 bits per heavy atom. The maximum Gasteiger partial charge on any atom is 0.250 e. The zero-order valence-corrected chi connectivity index (χ0v) is 15.7. The van der Waals surface area contributed by atoms with Crippen molar-refractivity contribution in [2.24, 2.45) is 5.73 Å². The van der Waals surface area contributed by atoms with E-state index in [2.05, 4.69) is 24.9 Å². The van der Waals surface area contributed by atoms with Gasteiger partial charge in [-0.2, -0.15) is 0 Å². The molecule has 0 bridgehead atoms. The van der Waals surface area contributed by atoms with Crippen molar-refractivity contribution in [3.05, 3.63) is 48.0 Å². The average Bonchev–Trinajstić information content (AvgIpc) is 3.25. The number of nitrogens with one attached hydrogen (secondary N) is 1. The first-order chi connectivity index (χ1) is 12.4. The van der Waals surface area contributed by atoms with Crippen LogP contribution in [-0.2, 0) is 10.8 Å². The van der Waals surface area contributed by atoms with Crippen molar-refractivity contribution in [2.75, 3.05) is 5.75 Å². The smallest absolute Gasteiger partial charge is 0.250 e. The number of furan rings is 1. The highest BCUT2D eigenvalue weighted by atomic mass is 32.2. The number of carbonyl (C=O) groups excluding carboxylic acids is 1. The minimum Gasteiger partial charge on any atom is -0.472 e. The normalized spacial score (nSPS) is 22.5. The Balaban J connectivity index is 1.87. The molecule has 3 heterocycles. The zero-order valence-electron chi connectivity index (χ0n) is 14.9. The predicted molar refractivity (Wildman–Crippen MR) is 104 cm³/mol. The molecule has 2 unspecified atom stereocenters. The fourth-order valence-electron chi connectivity index (χ4n) is 3.96. The maximum atomic E-state index is 12.3. The van der Waals surface area contributed by atoms with Crippen molar-refractivity contribution in [3.8, 4) is 11.1 Å². The van der Waals surface area contributed by atoms with E-state index < -0.39 is 16.7 Å². The molecule has 3 N–H and O–H groups in total. The highest BCUT2D eigenvalue weighted by molar-refractivity contribution is 7.86. The van der Waals surface area contributed by atoms with Crippen LogP contribution >= 0.6 is 0 Å². The van der Waals surface area contributed by atoms with Crippen molar-refractivity contribution in [1.29, 1.82) is 0 Å². The van der Waals surface area contributed by atoms with Crippen LogP contribution in [0.3, 0.4) is 0 Å². The molecule has 26 heavy (non-hydrogen) atoms. The number of fused-ring (bicyclic) bond motifs is 1. The lowest BCUT2D eigenvalue weighted by atomic mass is 9.86. The lowest BCUT2D eigenvalue weighted by Crippen LogP contribution is -2.35. The number of primary amides is 1. The van der Waals surface area contributed by atoms with Gasteiger partial charge in [0.2, 0.25) is 0 Å². The van der Waals surface area contributed by atoms with Gasteiger partial charge in [-0.15, -0.1) is 0 Å². The molecule has 5 nitrogen and oxygen atoms in total. The third-order valence-corrected chi connectivity index (χ3v) is 7.39. The number of benzene rings is 1. The Morgan fingerprint density at radius 3 is 2.81 bits per heavy atom. The molecule has 1 aliphatic rings. The van der Waals surface area contributed by atoms with Gasteiger partial charge in [-0.05, 0) is 61.9 Å². The summed E-state index contributed by atoms with van der Waals surface area (Å²) in [7, 11) is -0.804. The third kappa shape index (κ3) is 2.78. The number of aromatic nitrogens is 1. The molecular weight excluding hydrogens is 348 g/mol. The molecule has 136 valence electrons.